The molecular weight excluding hydrogens is 286 g/mol. The van der Waals surface area contributed by atoms with Crippen molar-refractivity contribution in [3.63, 3.8) is 0 Å². The lowest BCUT2D eigenvalue weighted by atomic mass is 10.2. The van der Waals surface area contributed by atoms with Crippen molar-refractivity contribution >= 4 is 15.9 Å². The van der Waals surface area contributed by atoms with Crippen molar-refractivity contribution in [2.75, 3.05) is 27.4 Å². The molecule has 4 nitrogen and oxygen atoms in total. The molecular formula is C12H18BrNO3. The molecule has 0 aliphatic rings. The lowest BCUT2D eigenvalue weighted by Gasteiger charge is -2.13. The Morgan fingerprint density at radius 2 is 2.00 bits per heavy atom. The summed E-state index contributed by atoms with van der Waals surface area (Å²) < 4.78 is 16.8. The van der Waals surface area contributed by atoms with E-state index in [0.29, 0.717) is 31.3 Å². The van der Waals surface area contributed by atoms with Crippen LogP contribution in [0.4, 0.5) is 0 Å². The fraction of sp³-hybridized carbons (Fsp3) is 0.500. The smallest absolute Gasteiger partial charge is 0.175 e. The third-order valence-corrected chi connectivity index (χ3v) is 2.85. The number of methoxy groups -OCH3 is 2. The molecule has 0 bridgehead atoms. The summed E-state index contributed by atoms with van der Waals surface area (Å²) in [6.45, 7) is 1.74. The van der Waals surface area contributed by atoms with Gasteiger partial charge in [-0.1, -0.05) is 0 Å². The molecule has 17 heavy (non-hydrogen) atoms. The second-order valence-electron chi connectivity index (χ2n) is 3.51. The van der Waals surface area contributed by atoms with Crippen LogP contribution in [0.1, 0.15) is 12.0 Å². The molecule has 0 aliphatic carbocycles. The van der Waals surface area contributed by atoms with E-state index in [0.717, 1.165) is 16.5 Å². The molecule has 1 rings (SSSR count). The van der Waals surface area contributed by atoms with Gasteiger partial charge >= 0.3 is 0 Å². The van der Waals surface area contributed by atoms with Crippen molar-refractivity contribution in [1.29, 1.82) is 0 Å². The zero-order valence-corrected chi connectivity index (χ0v) is 11.7. The van der Waals surface area contributed by atoms with Gasteiger partial charge in [0, 0.05) is 26.7 Å². The van der Waals surface area contributed by atoms with Gasteiger partial charge in [0.1, 0.15) is 0 Å². The Labute approximate surface area is 110 Å². The summed E-state index contributed by atoms with van der Waals surface area (Å²) in [6, 6.07) is 3.82. The maximum absolute atomic E-state index is 5.67. The van der Waals surface area contributed by atoms with Crippen molar-refractivity contribution in [1.82, 2.24) is 0 Å². The van der Waals surface area contributed by atoms with E-state index in [-0.39, 0.29) is 0 Å². The highest BCUT2D eigenvalue weighted by Crippen LogP contribution is 2.36. The molecule has 0 aromatic heterocycles. The minimum atomic E-state index is 0.471. The van der Waals surface area contributed by atoms with Gasteiger partial charge in [-0.15, -0.1) is 0 Å². The number of nitrogens with two attached hydrogens (primary N) is 1. The SMILES string of the molecule is COCCCOc1c(Br)cc(CN)cc1OC. The van der Waals surface area contributed by atoms with E-state index in [4.69, 9.17) is 19.9 Å². The highest BCUT2D eigenvalue weighted by atomic mass is 79.9. The summed E-state index contributed by atoms with van der Waals surface area (Å²) in [5.74, 6) is 1.40. The van der Waals surface area contributed by atoms with Gasteiger partial charge < -0.3 is 19.9 Å². The van der Waals surface area contributed by atoms with Crippen LogP contribution in [-0.4, -0.2) is 27.4 Å². The van der Waals surface area contributed by atoms with E-state index >= 15 is 0 Å². The highest BCUT2D eigenvalue weighted by Gasteiger charge is 2.10. The first kappa shape index (κ1) is 14.3. The van der Waals surface area contributed by atoms with Gasteiger partial charge in [0.2, 0.25) is 0 Å². The van der Waals surface area contributed by atoms with Crippen molar-refractivity contribution < 1.29 is 14.2 Å². The first-order valence-electron chi connectivity index (χ1n) is 5.41. The molecule has 0 unspecified atom stereocenters. The Hall–Kier alpha value is -0.780. The van der Waals surface area contributed by atoms with E-state index in [1.165, 1.54) is 0 Å². The van der Waals surface area contributed by atoms with Gasteiger partial charge in [-0.2, -0.15) is 0 Å². The molecule has 0 amide bonds. The molecule has 0 fully saturated rings. The monoisotopic (exact) mass is 303 g/mol. The largest absolute Gasteiger partial charge is 0.493 e. The maximum Gasteiger partial charge on any atom is 0.175 e. The molecule has 1 aromatic rings. The molecule has 5 heteroatoms. The van der Waals surface area contributed by atoms with Gasteiger partial charge in [0.05, 0.1) is 18.2 Å². The average molecular weight is 304 g/mol. The Bertz CT molecular complexity index is 358. The summed E-state index contributed by atoms with van der Waals surface area (Å²) in [5.41, 5.74) is 6.60. The Morgan fingerprint density at radius 3 is 2.59 bits per heavy atom. The molecule has 0 heterocycles. The van der Waals surface area contributed by atoms with Crippen molar-refractivity contribution in [3.05, 3.63) is 22.2 Å². The zero-order valence-electron chi connectivity index (χ0n) is 10.2. The first-order chi connectivity index (χ1) is 8.22. The molecule has 0 atom stereocenters. The topological polar surface area (TPSA) is 53.7 Å². The lowest BCUT2D eigenvalue weighted by Crippen LogP contribution is -2.04. The van der Waals surface area contributed by atoms with Crippen LogP contribution in [0.2, 0.25) is 0 Å². The summed E-state index contributed by atoms with van der Waals surface area (Å²) >= 11 is 3.46. The highest BCUT2D eigenvalue weighted by molar-refractivity contribution is 9.10. The van der Waals surface area contributed by atoms with Crippen molar-refractivity contribution in [2.45, 2.75) is 13.0 Å². The Kier molecular flexibility index (Phi) is 6.32. The minimum absolute atomic E-state index is 0.471. The zero-order chi connectivity index (χ0) is 12.7. The van der Waals surface area contributed by atoms with Crippen LogP contribution in [0.15, 0.2) is 16.6 Å². The van der Waals surface area contributed by atoms with Gasteiger partial charge in [0.15, 0.2) is 11.5 Å². The number of hydrogen-bond acceptors (Lipinski definition) is 4. The standard InChI is InChI=1S/C12H18BrNO3/c1-15-4-3-5-17-12-10(13)6-9(8-14)7-11(12)16-2/h6-7H,3-5,8,14H2,1-2H3. The Morgan fingerprint density at radius 1 is 1.24 bits per heavy atom. The van der Waals surface area contributed by atoms with Crippen LogP contribution in [0, 0.1) is 0 Å². The second kappa shape index (κ2) is 7.53. The van der Waals surface area contributed by atoms with Crippen LogP contribution < -0.4 is 15.2 Å². The van der Waals surface area contributed by atoms with E-state index in [2.05, 4.69) is 15.9 Å². The summed E-state index contributed by atoms with van der Waals surface area (Å²) in [7, 11) is 3.29. The van der Waals surface area contributed by atoms with E-state index in [1.807, 2.05) is 12.1 Å². The number of hydrogen-bond donors (Lipinski definition) is 1. The quantitative estimate of drug-likeness (QED) is 0.786. The number of halogens is 1. The number of rotatable bonds is 7. The van der Waals surface area contributed by atoms with Gasteiger partial charge in [-0.25, -0.2) is 0 Å². The molecule has 0 radical (unpaired) electrons. The van der Waals surface area contributed by atoms with Crippen molar-refractivity contribution in [2.24, 2.45) is 5.73 Å². The lowest BCUT2D eigenvalue weighted by molar-refractivity contribution is 0.170. The maximum atomic E-state index is 5.67. The van der Waals surface area contributed by atoms with Crippen LogP contribution >= 0.6 is 15.9 Å². The molecule has 0 saturated carbocycles. The fourth-order valence-corrected chi connectivity index (χ4v) is 2.01. The summed E-state index contributed by atoms with van der Waals surface area (Å²) in [4.78, 5) is 0. The molecule has 0 spiro atoms. The fourth-order valence-electron chi connectivity index (χ4n) is 1.41. The summed E-state index contributed by atoms with van der Waals surface area (Å²) in [6.07, 6.45) is 0.838. The third kappa shape index (κ3) is 4.18. The average Bonchev–Trinajstić information content (AvgIpc) is 2.35. The van der Waals surface area contributed by atoms with Gasteiger partial charge in [-0.3, -0.25) is 0 Å². The second-order valence-corrected chi connectivity index (χ2v) is 4.36. The number of benzene rings is 1. The minimum Gasteiger partial charge on any atom is -0.493 e. The van der Waals surface area contributed by atoms with E-state index in [1.54, 1.807) is 14.2 Å². The normalized spacial score (nSPS) is 10.4. The van der Waals surface area contributed by atoms with Crippen LogP contribution in [0.3, 0.4) is 0 Å². The van der Waals surface area contributed by atoms with Gasteiger partial charge in [0.25, 0.3) is 0 Å². The van der Waals surface area contributed by atoms with Gasteiger partial charge in [-0.05, 0) is 33.6 Å². The predicted molar refractivity (Wildman–Crippen MR) is 70.6 cm³/mol. The van der Waals surface area contributed by atoms with Crippen LogP contribution in [-0.2, 0) is 11.3 Å². The first-order valence-corrected chi connectivity index (χ1v) is 6.20. The van der Waals surface area contributed by atoms with Crippen LogP contribution in [0.25, 0.3) is 0 Å². The molecule has 0 saturated heterocycles. The van der Waals surface area contributed by atoms with E-state index in [9.17, 15) is 0 Å². The molecule has 0 aliphatic heterocycles. The van der Waals surface area contributed by atoms with Crippen LogP contribution in [0.5, 0.6) is 11.5 Å². The predicted octanol–water partition coefficient (Wildman–Crippen LogP) is 2.33. The third-order valence-electron chi connectivity index (χ3n) is 2.26. The Balaban J connectivity index is 2.75. The number of ether oxygens (including phenoxy) is 3. The molecule has 96 valence electrons. The van der Waals surface area contributed by atoms with Crippen molar-refractivity contribution in [3.8, 4) is 11.5 Å². The van der Waals surface area contributed by atoms with E-state index < -0.39 is 0 Å². The molecule has 1 aromatic carbocycles. The summed E-state index contributed by atoms with van der Waals surface area (Å²) in [5, 5.41) is 0. The molecule has 2 N–H and O–H groups in total.